The van der Waals surface area contributed by atoms with Gasteiger partial charge in [-0.25, -0.2) is 9.67 Å². The van der Waals surface area contributed by atoms with Gasteiger partial charge in [-0.1, -0.05) is 54.6 Å². The predicted octanol–water partition coefficient (Wildman–Crippen LogP) is 11.2. The number of fused-ring (bicyclic) bond motifs is 3. The fourth-order valence-electron chi connectivity index (χ4n) is 6.74. The number of rotatable bonds is 7. The molecule has 6 nitrogen and oxygen atoms in total. The molecule has 3 aromatic heterocycles. The maximum Gasteiger partial charge on any atom is 0.246 e. The smallest absolute Gasteiger partial charge is 0.246 e. The molecule has 0 aliphatic heterocycles. The molecule has 0 saturated carbocycles. The molecule has 0 fully saturated rings. The van der Waals surface area contributed by atoms with Gasteiger partial charge in [0.25, 0.3) is 0 Å². The maximum atomic E-state index is 6.56. The zero-order valence-corrected chi connectivity index (χ0v) is 28.2. The van der Waals surface area contributed by atoms with Gasteiger partial charge >= 0.3 is 0 Å². The number of aryl methyl sites for hydroxylation is 3. The second kappa shape index (κ2) is 12.1. The van der Waals surface area contributed by atoms with Gasteiger partial charge in [-0.2, -0.15) is 0 Å². The second-order valence-corrected chi connectivity index (χ2v) is 12.6. The van der Waals surface area contributed by atoms with Gasteiger partial charge in [-0.3, -0.25) is 4.57 Å². The van der Waals surface area contributed by atoms with Crippen molar-refractivity contribution in [2.75, 3.05) is 0 Å². The number of benzene rings is 5. The molecule has 6 heteroatoms. The first-order valence-electron chi connectivity index (χ1n) is 16.5. The van der Waals surface area contributed by atoms with Crippen LogP contribution in [0.1, 0.15) is 27.9 Å². The zero-order chi connectivity index (χ0) is 33.6. The Morgan fingerprint density at radius 1 is 0.551 bits per heavy atom. The fourth-order valence-corrected chi connectivity index (χ4v) is 6.74. The topological polar surface area (TPSA) is 54.1 Å². The third-order valence-electron chi connectivity index (χ3n) is 9.31. The zero-order valence-electron chi connectivity index (χ0n) is 28.2. The van der Waals surface area contributed by atoms with Crippen LogP contribution in [0.5, 0.6) is 23.1 Å². The highest BCUT2D eigenvalue weighted by Gasteiger charge is 2.23. The van der Waals surface area contributed by atoms with Crippen LogP contribution >= 0.6 is 0 Å². The Morgan fingerprint density at radius 2 is 1.29 bits per heavy atom. The lowest BCUT2D eigenvalue weighted by Crippen LogP contribution is -2.00. The Labute approximate surface area is 285 Å². The van der Waals surface area contributed by atoms with Crippen LogP contribution in [0.3, 0.4) is 0 Å². The van der Waals surface area contributed by atoms with E-state index in [1.54, 1.807) is 0 Å². The molecule has 0 radical (unpaired) electrons. The summed E-state index contributed by atoms with van der Waals surface area (Å²) in [7, 11) is 0. The van der Waals surface area contributed by atoms with Crippen molar-refractivity contribution >= 4 is 21.8 Å². The van der Waals surface area contributed by atoms with Gasteiger partial charge in [0, 0.05) is 29.1 Å². The number of pyridine rings is 1. The van der Waals surface area contributed by atoms with E-state index < -0.39 is 0 Å². The first kappa shape index (κ1) is 30.2. The van der Waals surface area contributed by atoms with Crippen molar-refractivity contribution in [1.82, 2.24) is 19.3 Å². The molecule has 0 atom stereocenters. The number of nitrogens with zero attached hydrogens (tertiary/aromatic N) is 4. The predicted molar refractivity (Wildman–Crippen MR) is 198 cm³/mol. The van der Waals surface area contributed by atoms with E-state index in [2.05, 4.69) is 93.8 Å². The van der Waals surface area contributed by atoms with Crippen molar-refractivity contribution in [3.05, 3.63) is 155 Å². The van der Waals surface area contributed by atoms with Gasteiger partial charge < -0.3 is 9.47 Å². The van der Waals surface area contributed by atoms with E-state index in [-0.39, 0.29) is 0 Å². The minimum absolute atomic E-state index is 0.565. The fraction of sp³-hybridized carbons (Fsp3) is 0.116. The number of aromatic nitrogens is 4. The molecule has 5 aromatic carbocycles. The maximum absolute atomic E-state index is 6.56. The summed E-state index contributed by atoms with van der Waals surface area (Å²) in [5, 5.41) is 7.38. The normalized spacial score (nSPS) is 11.4. The first-order valence-corrected chi connectivity index (χ1v) is 16.5. The monoisotopic (exact) mass is 640 g/mol. The second-order valence-electron chi connectivity index (χ2n) is 12.6. The van der Waals surface area contributed by atoms with Crippen LogP contribution in [0.15, 0.2) is 128 Å². The van der Waals surface area contributed by atoms with Gasteiger partial charge in [0.2, 0.25) is 5.88 Å². The standard InChI is InChI=1S/C43H36N4O2/c1-27-22-23-44-40(24-27)46-38-17-10-9-16-36(38)37-21-20-35(26-39(37)46)48-34-15-11-12-32(25-34)47-31(5)42(41-29(3)19-18-28(2)30(41)4)43(45-47)49-33-13-7-6-8-14-33/h6-26H,1-5H3. The van der Waals surface area contributed by atoms with Crippen molar-refractivity contribution in [1.29, 1.82) is 0 Å². The molecule has 0 aliphatic rings. The van der Waals surface area contributed by atoms with Crippen LogP contribution in [-0.2, 0) is 0 Å². The average Bonchev–Trinajstić information content (AvgIpc) is 3.61. The molecule has 0 aliphatic carbocycles. The molecule has 0 spiro atoms. The summed E-state index contributed by atoms with van der Waals surface area (Å²) in [6, 6.07) is 41.0. The summed E-state index contributed by atoms with van der Waals surface area (Å²) in [5.74, 6) is 3.62. The van der Waals surface area contributed by atoms with Gasteiger partial charge in [-0.15, -0.1) is 5.10 Å². The number of hydrogen-bond acceptors (Lipinski definition) is 4. The number of para-hydroxylation sites is 2. The van der Waals surface area contributed by atoms with Crippen LogP contribution in [0.4, 0.5) is 0 Å². The summed E-state index contributed by atoms with van der Waals surface area (Å²) in [5.41, 5.74) is 10.9. The molecule has 0 bridgehead atoms. The molecule has 240 valence electrons. The number of ether oxygens (including phenoxy) is 2. The molecule has 49 heavy (non-hydrogen) atoms. The minimum atomic E-state index is 0.565. The minimum Gasteiger partial charge on any atom is -0.457 e. The van der Waals surface area contributed by atoms with Gasteiger partial charge in [0.05, 0.1) is 28.0 Å². The highest BCUT2D eigenvalue weighted by atomic mass is 16.5. The largest absolute Gasteiger partial charge is 0.457 e. The van der Waals surface area contributed by atoms with Crippen LogP contribution in [0.25, 0.3) is 44.4 Å². The van der Waals surface area contributed by atoms with Gasteiger partial charge in [-0.05, 0) is 117 Å². The van der Waals surface area contributed by atoms with E-state index in [1.807, 2.05) is 77.6 Å². The highest BCUT2D eigenvalue weighted by Crippen LogP contribution is 2.41. The summed E-state index contributed by atoms with van der Waals surface area (Å²) >= 11 is 0. The first-order chi connectivity index (χ1) is 23.9. The molecule has 0 unspecified atom stereocenters. The van der Waals surface area contributed by atoms with Crippen LogP contribution < -0.4 is 9.47 Å². The van der Waals surface area contributed by atoms with Crippen molar-refractivity contribution < 1.29 is 9.47 Å². The molecule has 3 heterocycles. The molecule has 8 rings (SSSR count). The lowest BCUT2D eigenvalue weighted by atomic mass is 9.93. The molecule has 0 N–H and O–H groups in total. The van der Waals surface area contributed by atoms with Crippen molar-refractivity contribution in [3.8, 4) is 45.8 Å². The summed E-state index contributed by atoms with van der Waals surface area (Å²) < 4.78 is 17.2. The molecule has 0 saturated heterocycles. The highest BCUT2D eigenvalue weighted by molar-refractivity contribution is 6.09. The van der Waals surface area contributed by atoms with E-state index in [0.29, 0.717) is 11.6 Å². The molecule has 8 aromatic rings. The Balaban J connectivity index is 1.21. The van der Waals surface area contributed by atoms with Crippen molar-refractivity contribution in [3.63, 3.8) is 0 Å². The summed E-state index contributed by atoms with van der Waals surface area (Å²) in [6.45, 7) is 10.6. The van der Waals surface area contributed by atoms with E-state index in [1.165, 1.54) is 22.1 Å². The quantitative estimate of drug-likeness (QED) is 0.174. The Kier molecular flexibility index (Phi) is 7.49. The van der Waals surface area contributed by atoms with Gasteiger partial charge in [0.1, 0.15) is 23.1 Å². The van der Waals surface area contributed by atoms with E-state index in [9.17, 15) is 0 Å². The lowest BCUT2D eigenvalue weighted by molar-refractivity contribution is 0.458. The van der Waals surface area contributed by atoms with Crippen LogP contribution in [0.2, 0.25) is 0 Å². The SMILES string of the molecule is Cc1ccnc(-n2c3ccccc3c3ccc(Oc4cccc(-n5nc(Oc6ccccc6)c(-c6c(C)ccc(C)c6C)c5C)c4)cc32)c1. The van der Waals surface area contributed by atoms with Gasteiger partial charge in [0.15, 0.2) is 0 Å². The van der Waals surface area contributed by atoms with E-state index >= 15 is 0 Å². The van der Waals surface area contributed by atoms with Crippen LogP contribution in [0, 0.1) is 34.6 Å². The Morgan fingerprint density at radius 3 is 2.12 bits per heavy atom. The Bertz CT molecular complexity index is 2510. The molecular formula is C43H36N4O2. The van der Waals surface area contributed by atoms with E-state index in [4.69, 9.17) is 19.6 Å². The molecular weight excluding hydrogens is 604 g/mol. The summed E-state index contributed by atoms with van der Waals surface area (Å²) in [6.07, 6.45) is 1.86. The van der Waals surface area contributed by atoms with Crippen molar-refractivity contribution in [2.45, 2.75) is 34.6 Å². The molecule has 0 amide bonds. The van der Waals surface area contributed by atoms with Crippen LogP contribution in [-0.4, -0.2) is 19.3 Å². The average molecular weight is 641 g/mol. The summed E-state index contributed by atoms with van der Waals surface area (Å²) in [4.78, 5) is 4.72. The third-order valence-corrected chi connectivity index (χ3v) is 9.31. The van der Waals surface area contributed by atoms with E-state index in [0.717, 1.165) is 61.8 Å². The Hall–Kier alpha value is -6.14. The number of hydrogen-bond donors (Lipinski definition) is 0. The third kappa shape index (κ3) is 5.41. The lowest BCUT2D eigenvalue weighted by Gasteiger charge is -2.14. The van der Waals surface area contributed by atoms with Crippen molar-refractivity contribution in [2.24, 2.45) is 0 Å².